The highest BCUT2D eigenvalue weighted by Gasteiger charge is 2.44. The van der Waals surface area contributed by atoms with Gasteiger partial charge in [-0.05, 0) is 69.5 Å². The number of amides is 4. The van der Waals surface area contributed by atoms with Gasteiger partial charge in [0.1, 0.15) is 11.8 Å². The van der Waals surface area contributed by atoms with E-state index >= 15 is 0 Å². The number of aromatic nitrogens is 2. The number of carbonyl (C=O) groups is 4. The van der Waals surface area contributed by atoms with Crippen LogP contribution in [0.2, 0.25) is 0 Å². The number of benzene rings is 2. The van der Waals surface area contributed by atoms with Gasteiger partial charge in [0.25, 0.3) is 17.7 Å². The molecule has 50 heavy (non-hydrogen) atoms. The number of hydrogen-bond donors (Lipinski definition) is 3. The summed E-state index contributed by atoms with van der Waals surface area (Å²) < 4.78 is 41.5. The van der Waals surface area contributed by atoms with Crippen molar-refractivity contribution in [3.05, 3.63) is 76.6 Å². The molecule has 0 radical (unpaired) electrons. The Bertz CT molecular complexity index is 2000. The molecular weight excluding hydrogens is 655 g/mol. The van der Waals surface area contributed by atoms with Crippen LogP contribution >= 0.6 is 0 Å². The van der Waals surface area contributed by atoms with E-state index in [4.69, 9.17) is 5.26 Å². The number of nitrogens with zero attached hydrogens (tertiary/aromatic N) is 5. The Labute approximate surface area is 284 Å². The smallest absolute Gasteiger partial charge is 0.372 e. The van der Waals surface area contributed by atoms with E-state index in [0.29, 0.717) is 18.7 Å². The summed E-state index contributed by atoms with van der Waals surface area (Å²) in [6.45, 7) is 4.43. The molecule has 2 aromatic carbocycles. The highest BCUT2D eigenvalue weighted by atomic mass is 19.4. The predicted molar refractivity (Wildman–Crippen MR) is 172 cm³/mol. The highest BCUT2D eigenvalue weighted by molar-refractivity contribution is 6.22. The first-order chi connectivity index (χ1) is 23.7. The Kier molecular flexibility index (Phi) is 8.88. The molecule has 0 spiro atoms. The van der Waals surface area contributed by atoms with Gasteiger partial charge in [-0.1, -0.05) is 11.8 Å². The molecule has 0 aliphatic carbocycles. The van der Waals surface area contributed by atoms with Crippen LogP contribution in [-0.2, 0) is 21.3 Å². The molecule has 4 heterocycles. The highest BCUT2D eigenvalue weighted by Crippen LogP contribution is 2.35. The van der Waals surface area contributed by atoms with Crippen LogP contribution in [0.4, 0.5) is 24.5 Å². The summed E-state index contributed by atoms with van der Waals surface area (Å²) in [4.78, 5) is 54.2. The standard InChI is InChI=1S/C35H32F3N7O5/c1-34(2,33(50)41-23-6-5-22(17-39)27(15-23)35(36,37)38)44-19-21(18-40-44)4-3-20-11-13-43(14-12-20)24-7-8-25-26(16-24)32(49)45(31(25)48)28-9-10-29(46)42-30(28)47/h5-8,15-16,18-20,28,30,47H,9-14H2,1-2H3,(H,41,50)(H,42,46). The number of alkyl halides is 3. The van der Waals surface area contributed by atoms with Gasteiger partial charge in [-0.15, -0.1) is 0 Å². The minimum Gasteiger partial charge on any atom is -0.372 e. The van der Waals surface area contributed by atoms with E-state index in [1.165, 1.54) is 23.0 Å². The normalized spacial score (nSPS) is 19.7. The molecular formula is C35H32F3N7O5. The lowest BCUT2D eigenvalue weighted by Crippen LogP contribution is -2.57. The second-order valence-electron chi connectivity index (χ2n) is 12.9. The summed E-state index contributed by atoms with van der Waals surface area (Å²) in [6.07, 6.45) is -1.24. The molecule has 2 fully saturated rings. The van der Waals surface area contributed by atoms with Gasteiger partial charge in [0.05, 0.1) is 46.1 Å². The molecule has 2 atom stereocenters. The fraction of sp³-hybridized carbons (Fsp3) is 0.371. The van der Waals surface area contributed by atoms with Crippen molar-refractivity contribution in [2.45, 2.75) is 63.5 Å². The average molecular weight is 688 g/mol. The second-order valence-corrected chi connectivity index (χ2v) is 12.9. The van der Waals surface area contributed by atoms with E-state index in [1.807, 2.05) is 0 Å². The van der Waals surface area contributed by atoms with E-state index in [2.05, 4.69) is 32.5 Å². The molecule has 2 saturated heterocycles. The van der Waals surface area contributed by atoms with E-state index in [0.717, 1.165) is 35.6 Å². The SMILES string of the molecule is CC(C)(C(=O)Nc1ccc(C#N)c(C(F)(F)F)c1)n1cc(C#CC2CCN(c3ccc4c(c3)C(=O)N(C3CCC(=O)NC3O)C4=O)CC2)cn1. The summed E-state index contributed by atoms with van der Waals surface area (Å²) in [5.74, 6) is 4.46. The monoisotopic (exact) mass is 687 g/mol. The van der Waals surface area contributed by atoms with Crippen LogP contribution in [0, 0.1) is 29.1 Å². The van der Waals surface area contributed by atoms with E-state index in [-0.39, 0.29) is 41.5 Å². The number of halogens is 3. The van der Waals surface area contributed by atoms with Gasteiger partial charge in [-0.3, -0.25) is 28.8 Å². The summed E-state index contributed by atoms with van der Waals surface area (Å²) in [5, 5.41) is 28.5. The Morgan fingerprint density at radius 2 is 1.76 bits per heavy atom. The number of piperidine rings is 2. The Morgan fingerprint density at radius 3 is 2.44 bits per heavy atom. The molecule has 12 nitrogen and oxygen atoms in total. The molecule has 0 saturated carbocycles. The van der Waals surface area contributed by atoms with Crippen molar-refractivity contribution in [2.24, 2.45) is 5.92 Å². The first-order valence-corrected chi connectivity index (χ1v) is 15.9. The van der Waals surface area contributed by atoms with Gasteiger partial charge >= 0.3 is 6.18 Å². The molecule has 4 amide bonds. The first-order valence-electron chi connectivity index (χ1n) is 15.9. The molecule has 1 aromatic heterocycles. The molecule has 258 valence electrons. The third kappa shape index (κ3) is 6.52. The Morgan fingerprint density at radius 1 is 1.04 bits per heavy atom. The van der Waals surface area contributed by atoms with Crippen molar-refractivity contribution in [2.75, 3.05) is 23.3 Å². The minimum atomic E-state index is -4.76. The Hall–Kier alpha value is -5.67. The van der Waals surface area contributed by atoms with Crippen LogP contribution < -0.4 is 15.5 Å². The zero-order valence-corrected chi connectivity index (χ0v) is 27.0. The average Bonchev–Trinajstić information content (AvgIpc) is 3.66. The maximum Gasteiger partial charge on any atom is 0.417 e. The zero-order chi connectivity index (χ0) is 36.0. The third-order valence-corrected chi connectivity index (χ3v) is 9.27. The quantitative estimate of drug-likeness (QED) is 0.271. The number of carbonyl (C=O) groups excluding carboxylic acids is 4. The van der Waals surface area contributed by atoms with Gasteiger partial charge in [-0.25, -0.2) is 0 Å². The topological polar surface area (TPSA) is 161 Å². The zero-order valence-electron chi connectivity index (χ0n) is 27.0. The number of hydrogen-bond acceptors (Lipinski definition) is 8. The van der Waals surface area contributed by atoms with Gasteiger partial charge in [0.15, 0.2) is 0 Å². The lowest BCUT2D eigenvalue weighted by Gasteiger charge is -2.33. The molecule has 3 aliphatic rings. The fourth-order valence-corrected chi connectivity index (χ4v) is 6.29. The van der Waals surface area contributed by atoms with Crippen molar-refractivity contribution in [1.29, 1.82) is 5.26 Å². The van der Waals surface area contributed by atoms with E-state index in [9.17, 15) is 37.5 Å². The van der Waals surface area contributed by atoms with Gasteiger partial charge in [0.2, 0.25) is 5.91 Å². The molecule has 6 rings (SSSR count). The van der Waals surface area contributed by atoms with E-state index in [1.54, 1.807) is 38.2 Å². The number of imide groups is 1. The molecule has 3 aromatic rings. The molecule has 3 N–H and O–H groups in total. The van der Waals surface area contributed by atoms with E-state index < -0.39 is 52.8 Å². The largest absolute Gasteiger partial charge is 0.417 e. The minimum absolute atomic E-state index is 0.0567. The first kappa shape index (κ1) is 34.2. The lowest BCUT2D eigenvalue weighted by molar-refractivity contribution is -0.137. The van der Waals surface area contributed by atoms with Gasteiger partial charge in [-0.2, -0.15) is 23.5 Å². The maximum atomic E-state index is 13.4. The van der Waals surface area contributed by atoms with Crippen LogP contribution in [0.1, 0.15) is 76.9 Å². The lowest BCUT2D eigenvalue weighted by atomic mass is 9.96. The van der Waals surface area contributed by atoms with Crippen LogP contribution in [-0.4, -0.2) is 68.8 Å². The van der Waals surface area contributed by atoms with Crippen molar-refractivity contribution < 1.29 is 37.5 Å². The Balaban J connectivity index is 1.06. The number of aliphatic hydroxyl groups is 1. The number of nitriles is 1. The summed E-state index contributed by atoms with van der Waals surface area (Å²) in [7, 11) is 0. The van der Waals surface area contributed by atoms with Crippen LogP contribution in [0.15, 0.2) is 48.8 Å². The van der Waals surface area contributed by atoms with Crippen LogP contribution in [0.25, 0.3) is 0 Å². The molecule has 3 aliphatic heterocycles. The molecule has 0 bridgehead atoms. The third-order valence-electron chi connectivity index (χ3n) is 9.27. The number of aliphatic hydroxyl groups excluding tert-OH is 1. The number of nitrogens with one attached hydrogen (secondary N) is 2. The van der Waals surface area contributed by atoms with Crippen LogP contribution in [0.5, 0.6) is 0 Å². The molecule has 2 unspecified atom stereocenters. The van der Waals surface area contributed by atoms with Crippen LogP contribution in [0.3, 0.4) is 0 Å². The molecule has 15 heteroatoms. The fourth-order valence-electron chi connectivity index (χ4n) is 6.29. The van der Waals surface area contributed by atoms with Crippen molar-refractivity contribution in [3.63, 3.8) is 0 Å². The van der Waals surface area contributed by atoms with Crippen molar-refractivity contribution in [3.8, 4) is 17.9 Å². The maximum absolute atomic E-state index is 13.4. The summed E-state index contributed by atoms with van der Waals surface area (Å²) in [5.41, 5.74) is -1.22. The van der Waals surface area contributed by atoms with Crippen molar-refractivity contribution in [1.82, 2.24) is 20.0 Å². The number of fused-ring (bicyclic) bond motifs is 1. The van der Waals surface area contributed by atoms with Gasteiger partial charge in [0, 0.05) is 43.0 Å². The number of anilines is 2. The van der Waals surface area contributed by atoms with Gasteiger partial charge < -0.3 is 20.6 Å². The van der Waals surface area contributed by atoms with Crippen molar-refractivity contribution >= 4 is 35.0 Å². The predicted octanol–water partition coefficient (Wildman–Crippen LogP) is 3.61. The number of rotatable bonds is 5. The second kappa shape index (κ2) is 13.0. The summed E-state index contributed by atoms with van der Waals surface area (Å²) in [6, 6.07) is 8.75. The summed E-state index contributed by atoms with van der Waals surface area (Å²) >= 11 is 0.